The molecule has 99 heavy (non-hydrogen) atoms. The first kappa shape index (κ1) is 80.1. The molecule has 7 heterocycles. The quantitative estimate of drug-likeness (QED) is 0.0244. The Morgan fingerprint density at radius 3 is 1.61 bits per heavy atom. The molecule has 7 amide bonds. The van der Waals surface area contributed by atoms with Crippen LogP contribution in [-0.2, 0) is 76.1 Å². The summed E-state index contributed by atoms with van der Waals surface area (Å²) in [7, 11) is 0. The number of nitrogens with one attached hydrogen (secondary N) is 7. The van der Waals surface area contributed by atoms with Crippen molar-refractivity contribution < 1.29 is 168 Å². The molecule has 34 atom stereocenters. The van der Waals surface area contributed by atoms with Crippen molar-refractivity contribution in [1.82, 2.24) is 37.2 Å². The van der Waals surface area contributed by atoms with E-state index in [9.17, 15) is 120 Å². The van der Waals surface area contributed by atoms with Crippen molar-refractivity contribution in [1.29, 1.82) is 0 Å². The van der Waals surface area contributed by atoms with Crippen LogP contribution in [0.3, 0.4) is 0 Å². The first-order valence-corrected chi connectivity index (χ1v) is 33.3. The van der Waals surface area contributed by atoms with E-state index in [2.05, 4.69) is 37.2 Å². The Bertz CT molecular complexity index is 2710. The van der Waals surface area contributed by atoms with Gasteiger partial charge in [0.15, 0.2) is 31.4 Å². The molecule has 0 radical (unpaired) electrons. The van der Waals surface area contributed by atoms with Crippen LogP contribution in [0.1, 0.15) is 59.3 Å². The monoisotopic (exact) mass is 1450 g/mol. The second-order valence-electron chi connectivity index (χ2n) is 25.6. The van der Waals surface area contributed by atoms with Crippen LogP contribution in [0.2, 0.25) is 0 Å². The van der Waals surface area contributed by atoms with E-state index in [1.807, 2.05) is 0 Å². The zero-order valence-electron chi connectivity index (χ0n) is 53.8. The van der Waals surface area contributed by atoms with E-state index in [1.54, 1.807) is 11.8 Å². The summed E-state index contributed by atoms with van der Waals surface area (Å²) in [6.07, 6.45) is -48.6. The van der Waals surface area contributed by atoms with Crippen molar-refractivity contribution in [2.24, 2.45) is 5.92 Å². The number of aliphatic carboxylic acids is 1. The molecule has 8 fully saturated rings. The number of hydrogen-bond acceptors (Lipinski definition) is 34. The third-order valence-corrected chi connectivity index (χ3v) is 20.1. The fourth-order valence-electron chi connectivity index (χ4n) is 13.4. The van der Waals surface area contributed by atoms with Crippen molar-refractivity contribution in [3.63, 3.8) is 0 Å². The average Bonchev–Trinajstić information content (AvgIpc) is 1.51. The minimum absolute atomic E-state index is 0.00161. The van der Waals surface area contributed by atoms with Gasteiger partial charge in [0.2, 0.25) is 29.5 Å². The van der Waals surface area contributed by atoms with Gasteiger partial charge in [-0.2, -0.15) is 11.8 Å². The molecule has 566 valence electrons. The number of fused-ring (bicyclic) bond motifs is 1. The Morgan fingerprint density at radius 1 is 0.515 bits per heavy atom. The van der Waals surface area contributed by atoms with E-state index in [4.69, 9.17) is 47.4 Å². The fraction of sp³-hybridized carbons (Fsp3) is 0.877. The number of aliphatic hydroxyl groups is 16. The van der Waals surface area contributed by atoms with Crippen LogP contribution in [0.25, 0.3) is 0 Å². The van der Waals surface area contributed by atoms with E-state index in [-0.39, 0.29) is 36.2 Å². The van der Waals surface area contributed by atoms with Gasteiger partial charge >= 0.3 is 12.0 Å². The van der Waals surface area contributed by atoms with Crippen molar-refractivity contribution in [2.45, 2.75) is 260 Å². The summed E-state index contributed by atoms with van der Waals surface area (Å²) in [4.78, 5) is 88.5. The molecule has 41 nitrogen and oxygen atoms in total. The molecule has 1 aliphatic carbocycles. The topological polar surface area (TPSA) is 640 Å². The number of carbonyl (C=O) groups excluding carboxylic acids is 6. The molecule has 7 saturated heterocycles. The van der Waals surface area contributed by atoms with Gasteiger partial charge in [-0.25, -0.2) is 9.59 Å². The lowest BCUT2D eigenvalue weighted by Gasteiger charge is -2.50. The average molecular weight is 1450 g/mol. The second kappa shape index (κ2) is 35.7. The van der Waals surface area contributed by atoms with Gasteiger partial charge in [0, 0.05) is 50.7 Å². The maximum atomic E-state index is 13.5. The lowest BCUT2D eigenvalue weighted by atomic mass is 9.79. The second-order valence-corrected chi connectivity index (χ2v) is 26.9. The molecular formula is C57H93N7O34S. The highest BCUT2D eigenvalue weighted by molar-refractivity contribution is 8.00. The Labute approximate surface area is 568 Å². The Kier molecular flexibility index (Phi) is 28.9. The number of urea groups is 1. The van der Waals surface area contributed by atoms with E-state index in [0.29, 0.717) is 19.3 Å². The molecule has 0 spiro atoms. The lowest BCUT2D eigenvalue weighted by Crippen LogP contribution is -2.71. The van der Waals surface area contributed by atoms with Crippen molar-refractivity contribution in [3.8, 4) is 0 Å². The summed E-state index contributed by atoms with van der Waals surface area (Å²) < 4.78 is 59.1. The Balaban J connectivity index is 0.914. The van der Waals surface area contributed by atoms with Crippen LogP contribution in [0.5, 0.6) is 0 Å². The standard InChI is InChI=1S/C57H93N7O34S/c1-17(70)58-33-23(8-20(10-65)47(39(33)78)96-54-45(84)42(81)36(75)24(11-66)92-54)90-50-44(83)37(76)25(12-67)93-56(50)89-15-28-38(77)43(82)46(85)55(95-28)98-49-27(14-69)94-53(35(41(49)80)60-19(3)72)97-48-26(13-68)91-51(34(40(48)79)59-18(2)71)63-31(74)9-21(52(86)87)61-30(73)7-5-4-6-29-32-22(16-99-29)62-57(88)64-32/h20-29,32-51,53-56,65-69,75-85H,4-16H2,1-3H3,(H,58,70)(H,59,71)(H,60,72)(H,61,73)(H,63,74)(H,86,87)(H2,62,64,88)/t20-,21?,22?,23+,24?,25?,26?,27?,28?,29?,32?,33?,34?,35?,36+,37+,38+,39?,40-,41-,42+,43+,44+,45?,46?,47-,48+,49+,50?,51-,53+,54+,55+,56-/m1/s1. The number of rotatable bonds is 29. The van der Waals surface area contributed by atoms with Gasteiger partial charge in [0.05, 0.1) is 69.8 Å². The molecule has 42 heteroatoms. The molecule has 0 aromatic rings. The van der Waals surface area contributed by atoms with E-state index < -0.39 is 271 Å². The maximum Gasteiger partial charge on any atom is 0.326 e. The van der Waals surface area contributed by atoms with Crippen LogP contribution in [0.15, 0.2) is 0 Å². The van der Waals surface area contributed by atoms with Crippen LogP contribution in [0, 0.1) is 5.92 Å². The summed E-state index contributed by atoms with van der Waals surface area (Å²) >= 11 is 1.68. The highest BCUT2D eigenvalue weighted by Gasteiger charge is 2.58. The van der Waals surface area contributed by atoms with Crippen molar-refractivity contribution >= 4 is 53.3 Å². The normalized spacial score (nSPS) is 43.3. The van der Waals surface area contributed by atoms with Crippen molar-refractivity contribution in [2.75, 3.05) is 45.4 Å². The number of ether oxygens (including phenoxy) is 10. The molecule has 0 aromatic heterocycles. The number of carbonyl (C=O) groups is 7. The lowest BCUT2D eigenvalue weighted by molar-refractivity contribution is -0.366. The zero-order valence-corrected chi connectivity index (χ0v) is 54.6. The highest BCUT2D eigenvalue weighted by Crippen LogP contribution is 2.39. The van der Waals surface area contributed by atoms with E-state index in [1.165, 1.54) is 0 Å². The molecule has 7 aliphatic heterocycles. The molecule has 0 bridgehead atoms. The number of unbranched alkanes of at least 4 members (excludes halogenated alkanes) is 1. The number of amides is 7. The first-order valence-electron chi connectivity index (χ1n) is 32.3. The molecular weight excluding hydrogens is 1360 g/mol. The van der Waals surface area contributed by atoms with E-state index >= 15 is 0 Å². The van der Waals surface area contributed by atoms with Gasteiger partial charge in [0.25, 0.3) is 0 Å². The Morgan fingerprint density at radius 2 is 1.02 bits per heavy atom. The maximum absolute atomic E-state index is 13.5. The summed E-state index contributed by atoms with van der Waals surface area (Å²) in [5.41, 5.74) is 0. The van der Waals surface area contributed by atoms with E-state index in [0.717, 1.165) is 26.5 Å². The summed E-state index contributed by atoms with van der Waals surface area (Å²) in [5, 5.41) is 203. The van der Waals surface area contributed by atoms with Gasteiger partial charge in [-0.3, -0.25) is 24.0 Å². The third kappa shape index (κ3) is 19.0. The molecule has 0 aromatic carbocycles. The van der Waals surface area contributed by atoms with Crippen LogP contribution < -0.4 is 37.2 Å². The number of aliphatic hydroxyl groups excluding tert-OH is 16. The van der Waals surface area contributed by atoms with Gasteiger partial charge in [0.1, 0.15) is 134 Å². The van der Waals surface area contributed by atoms with Crippen LogP contribution in [0.4, 0.5) is 4.79 Å². The number of carboxylic acid groups (broad SMARTS) is 1. The van der Waals surface area contributed by atoms with Crippen LogP contribution >= 0.6 is 11.8 Å². The molecule has 8 rings (SSSR count). The predicted molar refractivity (Wildman–Crippen MR) is 321 cm³/mol. The first-order chi connectivity index (χ1) is 46.9. The Hall–Kier alpha value is -4.60. The minimum Gasteiger partial charge on any atom is -0.480 e. The summed E-state index contributed by atoms with van der Waals surface area (Å²) in [6, 6.07) is -7.12. The van der Waals surface area contributed by atoms with Gasteiger partial charge in [-0.1, -0.05) is 6.42 Å². The molecule has 1 saturated carbocycles. The molecule has 16 unspecified atom stereocenters. The summed E-state index contributed by atoms with van der Waals surface area (Å²) in [6.45, 7) is -2.59. The van der Waals surface area contributed by atoms with Gasteiger partial charge < -0.3 is 171 Å². The van der Waals surface area contributed by atoms with Gasteiger partial charge in [-0.15, -0.1) is 0 Å². The minimum atomic E-state index is -2.22. The van der Waals surface area contributed by atoms with Crippen molar-refractivity contribution in [3.05, 3.63) is 0 Å². The predicted octanol–water partition coefficient (Wildman–Crippen LogP) is -13.2. The zero-order chi connectivity index (χ0) is 72.6. The number of hydrogen-bond donors (Lipinski definition) is 24. The molecule has 8 aliphatic rings. The van der Waals surface area contributed by atoms with Gasteiger partial charge in [-0.05, 0) is 19.3 Å². The number of thioether (sulfide) groups is 1. The largest absolute Gasteiger partial charge is 0.480 e. The smallest absolute Gasteiger partial charge is 0.326 e. The number of carboxylic acids is 1. The van der Waals surface area contributed by atoms with Crippen LogP contribution in [-0.4, -0.2) is 375 Å². The fourth-order valence-corrected chi connectivity index (χ4v) is 15.0. The SMILES string of the molecule is CC(=O)NC1C(O)[C@H](O[C@@H]2OC(CO)[C@H](O)[C@H](O)C2O)[C@@H](CO)C[C@@H]1OC1[C@H](OCC2O[C@@H](O[C@H]3C(CO)O[C@@H](O[C@H]4C(CO)O[C@@H](NC(=O)CC(NC(=O)CCCCC5SCC6NC(=O)NC65)C(=O)O)C(NC(C)=O)[C@H]4O)C(NC(C)=O)[C@H]3O)C(O)[C@@H](O)[C@H]2O)OC(CO)[C@H](O)[C@@H]1O. The third-order valence-electron chi connectivity index (χ3n) is 18.6. The summed E-state index contributed by atoms with van der Waals surface area (Å²) in [5.74, 6) is -6.28. The molecule has 24 N–H and O–H groups in total. The highest BCUT2D eigenvalue weighted by atomic mass is 32.2.